The van der Waals surface area contributed by atoms with Crippen LogP contribution in [-0.2, 0) is 10.8 Å². The second-order valence-electron chi connectivity index (χ2n) is 3.84. The zero-order valence-electron chi connectivity index (χ0n) is 8.34. The molecule has 3 heteroatoms. The average Bonchev–Trinajstić information content (AvgIpc) is 2.91. The van der Waals surface area contributed by atoms with Crippen LogP contribution >= 0.6 is 15.9 Å². The Morgan fingerprint density at radius 1 is 1.43 bits per heavy atom. The van der Waals surface area contributed by atoms with Gasteiger partial charge in [0.15, 0.2) is 0 Å². The highest BCUT2D eigenvalue weighted by Crippen LogP contribution is 2.46. The third-order valence-corrected chi connectivity index (χ3v) is 4.42. The Hall–Kier alpha value is -0.150. The molecule has 1 aromatic rings. The molecular formula is C11H13BrOS. The van der Waals surface area contributed by atoms with Crippen molar-refractivity contribution in [1.82, 2.24) is 0 Å². The SMILES string of the molecule is Cc1ccc(Br)c(C2CC2)c1S(C)=O. The fourth-order valence-electron chi connectivity index (χ4n) is 1.82. The van der Waals surface area contributed by atoms with Gasteiger partial charge < -0.3 is 0 Å². The van der Waals surface area contributed by atoms with Crippen LogP contribution in [0.2, 0.25) is 0 Å². The van der Waals surface area contributed by atoms with Gasteiger partial charge in [-0.15, -0.1) is 0 Å². The maximum absolute atomic E-state index is 11.7. The summed E-state index contributed by atoms with van der Waals surface area (Å²) in [6, 6.07) is 4.10. The highest BCUT2D eigenvalue weighted by molar-refractivity contribution is 9.10. The lowest BCUT2D eigenvalue weighted by Crippen LogP contribution is -1.99. The predicted molar refractivity (Wildman–Crippen MR) is 63.2 cm³/mol. The van der Waals surface area contributed by atoms with Gasteiger partial charge in [0.05, 0.1) is 10.8 Å². The maximum Gasteiger partial charge on any atom is 0.0504 e. The largest absolute Gasteiger partial charge is 0.255 e. The van der Waals surface area contributed by atoms with Crippen molar-refractivity contribution in [3.63, 3.8) is 0 Å². The fraction of sp³-hybridized carbons (Fsp3) is 0.455. The summed E-state index contributed by atoms with van der Waals surface area (Å²) >= 11 is 3.56. The van der Waals surface area contributed by atoms with E-state index in [1.807, 2.05) is 13.0 Å². The van der Waals surface area contributed by atoms with Crippen LogP contribution in [0.4, 0.5) is 0 Å². The number of halogens is 1. The summed E-state index contributed by atoms with van der Waals surface area (Å²) in [5, 5.41) is 0. The van der Waals surface area contributed by atoms with E-state index < -0.39 is 10.8 Å². The summed E-state index contributed by atoms with van der Waals surface area (Å²) in [5.74, 6) is 0.642. The Morgan fingerprint density at radius 3 is 2.57 bits per heavy atom. The van der Waals surface area contributed by atoms with Crippen molar-refractivity contribution in [1.29, 1.82) is 0 Å². The van der Waals surface area contributed by atoms with Gasteiger partial charge in [0.1, 0.15) is 0 Å². The number of hydrogen-bond donors (Lipinski definition) is 0. The van der Waals surface area contributed by atoms with E-state index in [4.69, 9.17) is 0 Å². The molecule has 1 fully saturated rings. The van der Waals surface area contributed by atoms with Gasteiger partial charge in [0.2, 0.25) is 0 Å². The van der Waals surface area contributed by atoms with E-state index in [2.05, 4.69) is 22.0 Å². The minimum atomic E-state index is -0.873. The van der Waals surface area contributed by atoms with Gasteiger partial charge in [-0.05, 0) is 42.9 Å². The van der Waals surface area contributed by atoms with Gasteiger partial charge in [-0.3, -0.25) is 4.21 Å². The van der Waals surface area contributed by atoms with E-state index in [0.717, 1.165) is 14.9 Å². The molecule has 0 saturated heterocycles. The second kappa shape index (κ2) is 3.78. The van der Waals surface area contributed by atoms with Crippen LogP contribution in [0.3, 0.4) is 0 Å². The normalized spacial score (nSPS) is 18.2. The van der Waals surface area contributed by atoms with E-state index in [0.29, 0.717) is 5.92 Å². The molecule has 0 heterocycles. The van der Waals surface area contributed by atoms with E-state index in [1.165, 1.54) is 18.4 Å². The molecule has 0 radical (unpaired) electrons. The van der Waals surface area contributed by atoms with Crippen molar-refractivity contribution in [2.75, 3.05) is 6.26 Å². The first-order chi connectivity index (χ1) is 6.61. The van der Waals surface area contributed by atoms with Crippen LogP contribution in [0, 0.1) is 6.92 Å². The van der Waals surface area contributed by atoms with Crippen LogP contribution in [-0.4, -0.2) is 10.5 Å². The van der Waals surface area contributed by atoms with Crippen LogP contribution in [0.25, 0.3) is 0 Å². The summed E-state index contributed by atoms with van der Waals surface area (Å²) in [6.45, 7) is 2.04. The fourth-order valence-corrected chi connectivity index (χ4v) is 3.71. The van der Waals surface area contributed by atoms with Crippen molar-refractivity contribution >= 4 is 26.7 Å². The molecule has 0 amide bonds. The van der Waals surface area contributed by atoms with Gasteiger partial charge in [-0.25, -0.2) is 0 Å². The molecule has 0 bridgehead atoms. The first-order valence-corrected chi connectivity index (χ1v) is 7.08. The van der Waals surface area contributed by atoms with Crippen molar-refractivity contribution in [2.45, 2.75) is 30.6 Å². The topological polar surface area (TPSA) is 17.1 Å². The molecule has 0 spiro atoms. The second-order valence-corrected chi connectivity index (χ2v) is 6.01. The summed E-state index contributed by atoms with van der Waals surface area (Å²) in [4.78, 5) is 1.04. The minimum absolute atomic E-state index is 0.642. The molecule has 0 aromatic heterocycles. The molecule has 1 nitrogen and oxygen atoms in total. The van der Waals surface area contributed by atoms with Crippen molar-refractivity contribution < 1.29 is 4.21 Å². The molecule has 1 aliphatic carbocycles. The molecule has 2 rings (SSSR count). The summed E-state index contributed by atoms with van der Waals surface area (Å²) in [7, 11) is -0.873. The Bertz CT molecular complexity index is 397. The molecule has 0 N–H and O–H groups in total. The van der Waals surface area contributed by atoms with Crippen LogP contribution < -0.4 is 0 Å². The molecule has 1 atom stereocenters. The lowest BCUT2D eigenvalue weighted by Gasteiger charge is -2.11. The Balaban J connectivity index is 2.62. The van der Waals surface area contributed by atoms with Crippen molar-refractivity contribution in [3.8, 4) is 0 Å². The molecule has 0 aliphatic heterocycles. The van der Waals surface area contributed by atoms with Gasteiger partial charge in [0.25, 0.3) is 0 Å². The maximum atomic E-state index is 11.7. The van der Waals surface area contributed by atoms with Gasteiger partial charge >= 0.3 is 0 Å². The first-order valence-electron chi connectivity index (χ1n) is 4.73. The monoisotopic (exact) mass is 272 g/mol. The zero-order chi connectivity index (χ0) is 10.3. The van der Waals surface area contributed by atoms with E-state index in [-0.39, 0.29) is 0 Å². The van der Waals surface area contributed by atoms with Crippen LogP contribution in [0.15, 0.2) is 21.5 Å². The lowest BCUT2D eigenvalue weighted by molar-refractivity contribution is 0.685. The highest BCUT2D eigenvalue weighted by Gasteiger charge is 2.29. The first kappa shape index (κ1) is 10.4. The van der Waals surface area contributed by atoms with E-state index in [9.17, 15) is 4.21 Å². The number of benzene rings is 1. The van der Waals surface area contributed by atoms with Crippen LogP contribution in [0.5, 0.6) is 0 Å². The van der Waals surface area contributed by atoms with E-state index in [1.54, 1.807) is 6.26 Å². The zero-order valence-corrected chi connectivity index (χ0v) is 10.7. The van der Waals surface area contributed by atoms with Crippen molar-refractivity contribution in [2.24, 2.45) is 0 Å². The van der Waals surface area contributed by atoms with Gasteiger partial charge in [-0.1, -0.05) is 22.0 Å². The van der Waals surface area contributed by atoms with E-state index >= 15 is 0 Å². The molecular weight excluding hydrogens is 260 g/mol. The molecule has 76 valence electrons. The summed E-state index contributed by atoms with van der Waals surface area (Å²) < 4.78 is 12.8. The molecule has 1 saturated carbocycles. The van der Waals surface area contributed by atoms with Crippen LogP contribution in [0.1, 0.15) is 29.9 Å². The number of aryl methyl sites for hydroxylation is 1. The Labute approximate surface area is 95.5 Å². The van der Waals surface area contributed by atoms with Crippen molar-refractivity contribution in [3.05, 3.63) is 27.7 Å². The third-order valence-electron chi connectivity index (χ3n) is 2.61. The number of hydrogen-bond acceptors (Lipinski definition) is 1. The molecule has 1 aromatic carbocycles. The van der Waals surface area contributed by atoms with Gasteiger partial charge in [-0.2, -0.15) is 0 Å². The highest BCUT2D eigenvalue weighted by atomic mass is 79.9. The Kier molecular flexibility index (Phi) is 2.80. The molecule has 14 heavy (non-hydrogen) atoms. The smallest absolute Gasteiger partial charge is 0.0504 e. The summed E-state index contributed by atoms with van der Waals surface area (Å²) in [6.07, 6.45) is 4.25. The number of rotatable bonds is 2. The van der Waals surface area contributed by atoms with Gasteiger partial charge in [0, 0.05) is 15.6 Å². The summed E-state index contributed by atoms with van der Waals surface area (Å²) in [5.41, 5.74) is 2.43. The molecule has 1 aliphatic rings. The average molecular weight is 273 g/mol. The minimum Gasteiger partial charge on any atom is -0.255 e. The predicted octanol–water partition coefficient (Wildman–Crippen LogP) is 3.37. The lowest BCUT2D eigenvalue weighted by atomic mass is 10.1. The quantitative estimate of drug-likeness (QED) is 0.807. The Morgan fingerprint density at radius 2 is 2.07 bits per heavy atom. The standard InChI is InChI=1S/C11H13BrOS/c1-7-3-6-9(12)10(8-4-5-8)11(7)14(2)13/h3,6,8H,4-5H2,1-2H3. The molecule has 1 unspecified atom stereocenters. The third kappa shape index (κ3) is 1.80.